The van der Waals surface area contributed by atoms with Gasteiger partial charge in [-0.15, -0.1) is 0 Å². The molecule has 4 bridgehead atoms. The molecule has 8 rings (SSSR count). The van der Waals surface area contributed by atoms with Gasteiger partial charge in [-0.2, -0.15) is 0 Å². The molecule has 0 aromatic rings. The van der Waals surface area contributed by atoms with Gasteiger partial charge in [0.2, 0.25) is 4.38 Å². The highest BCUT2D eigenvalue weighted by atomic mass is 32.2. The molecule has 0 saturated heterocycles. The number of thioether (sulfide) groups is 1. The van der Waals surface area contributed by atoms with E-state index in [2.05, 4.69) is 163 Å². The summed E-state index contributed by atoms with van der Waals surface area (Å²) in [4.78, 5) is 29.9. The van der Waals surface area contributed by atoms with E-state index < -0.39 is 38.7 Å². The maximum atomic E-state index is 15.2. The Morgan fingerprint density at radius 3 is 1.46 bits per heavy atom. The van der Waals surface area contributed by atoms with Crippen LogP contribution in [0.15, 0.2) is 23.3 Å². The molecule has 68 heavy (non-hydrogen) atoms. The Balaban J connectivity index is 0.000000248. The van der Waals surface area contributed by atoms with Crippen LogP contribution in [0.1, 0.15) is 165 Å². The van der Waals surface area contributed by atoms with Gasteiger partial charge in [0.15, 0.2) is 28.2 Å². The number of thiocarbonyl (C=S) groups is 1. The van der Waals surface area contributed by atoms with Crippen molar-refractivity contribution in [3.63, 3.8) is 0 Å². The van der Waals surface area contributed by atoms with Crippen LogP contribution in [0.2, 0.25) is 36.3 Å². The first kappa shape index (κ1) is 58.3. The molecule has 0 heterocycles. The molecule has 2 spiro atoms. The average Bonchev–Trinajstić information content (AvgIpc) is 3.81. The zero-order chi connectivity index (χ0) is 50.0. The van der Waals surface area contributed by atoms with Gasteiger partial charge in [-0.25, -0.2) is 0 Å². The fourth-order valence-electron chi connectivity index (χ4n) is 16.0. The van der Waals surface area contributed by atoms with E-state index in [-0.39, 0.29) is 101 Å². The first-order valence-corrected chi connectivity index (χ1v) is 33.6. The first-order chi connectivity index (χ1) is 29.8. The minimum absolute atomic E-state index is 0. The third kappa shape index (κ3) is 7.97. The van der Waals surface area contributed by atoms with E-state index in [0.717, 1.165) is 19.3 Å². The Hall–Kier alpha value is -0.626. The first-order valence-electron chi connectivity index (χ1n) is 26.1. The van der Waals surface area contributed by atoms with Gasteiger partial charge in [0.05, 0.1) is 28.6 Å². The molecule has 0 unspecified atom stereocenters. The third-order valence-electron chi connectivity index (χ3n) is 22.4. The SMILES string of the molecule is C.C.CC1=C[C@]23C(=O)[C@@H]([C@H](O[Si](C)(C)C(C)(C)C)[C@H](C)[C@@H](C)[C@]2(O)C1)[C@H]1[C@@H](C[C@H]3C)C1(C)C.CSC(=S)O[C@@]12CC(C)=C[C@]13C(=O)[C@@H]([C@H](O[Si](C)(C)C(C)(C)C)[C@H](C)[C@H]2C)[C@H]1[C@@H](C[C@H]3C)C1(C)C. The number of hydrogen-bond donors (Lipinski definition) is 1. The van der Waals surface area contributed by atoms with E-state index in [1.54, 1.807) is 0 Å². The van der Waals surface area contributed by atoms with Crippen molar-refractivity contribution in [2.45, 2.75) is 225 Å². The largest absolute Gasteiger partial charge is 0.470 e. The Kier molecular flexibility index (Phi) is 15.2. The summed E-state index contributed by atoms with van der Waals surface area (Å²) >= 11 is 7.18. The molecule has 6 nitrogen and oxygen atoms in total. The Morgan fingerprint density at radius 2 is 1.04 bits per heavy atom. The summed E-state index contributed by atoms with van der Waals surface area (Å²) in [6.45, 7) is 50.4. The highest BCUT2D eigenvalue weighted by molar-refractivity contribution is 8.22. The lowest BCUT2D eigenvalue weighted by Gasteiger charge is -2.51. The summed E-state index contributed by atoms with van der Waals surface area (Å²) in [6.07, 6.45) is 9.79. The van der Waals surface area contributed by atoms with Crippen LogP contribution in [0.25, 0.3) is 0 Å². The van der Waals surface area contributed by atoms with E-state index in [9.17, 15) is 9.90 Å². The fourth-order valence-corrected chi connectivity index (χ4v) is 19.2. The molecule has 0 aromatic carbocycles. The zero-order valence-electron chi connectivity index (χ0n) is 45.9. The maximum Gasteiger partial charge on any atom is 0.220 e. The van der Waals surface area contributed by atoms with Crippen LogP contribution in [0.4, 0.5) is 0 Å². The van der Waals surface area contributed by atoms with E-state index in [1.165, 1.54) is 22.9 Å². The van der Waals surface area contributed by atoms with Crippen molar-refractivity contribution in [2.24, 2.45) is 92.7 Å². The van der Waals surface area contributed by atoms with E-state index in [0.29, 0.717) is 40.3 Å². The minimum atomic E-state index is -2.12. The summed E-state index contributed by atoms with van der Waals surface area (Å²) in [5, 5.41) is 12.5. The molecular weight excluding hydrogens is 913 g/mol. The van der Waals surface area contributed by atoms with Gasteiger partial charge in [0, 0.05) is 24.2 Å². The second kappa shape index (κ2) is 17.8. The van der Waals surface area contributed by atoms with Crippen LogP contribution >= 0.6 is 24.0 Å². The highest BCUT2D eigenvalue weighted by Gasteiger charge is 2.78. The third-order valence-corrected chi connectivity index (χ3v) is 32.4. The summed E-state index contributed by atoms with van der Waals surface area (Å²) < 4.78 is 21.9. The highest BCUT2D eigenvalue weighted by Crippen LogP contribution is 2.75. The van der Waals surface area contributed by atoms with Gasteiger partial charge in [-0.3, -0.25) is 9.59 Å². The Labute approximate surface area is 429 Å². The van der Waals surface area contributed by atoms with E-state index >= 15 is 4.79 Å². The monoisotopic (exact) mass is 1010 g/mol. The quantitative estimate of drug-likeness (QED) is 0.166. The van der Waals surface area contributed by atoms with Gasteiger partial charge < -0.3 is 18.7 Å². The van der Waals surface area contributed by atoms with Gasteiger partial charge in [-0.1, -0.05) is 161 Å². The van der Waals surface area contributed by atoms with Gasteiger partial charge in [0.25, 0.3) is 0 Å². The number of carbonyl (C=O) groups is 2. The lowest BCUT2D eigenvalue weighted by Crippen LogP contribution is -2.59. The van der Waals surface area contributed by atoms with Crippen molar-refractivity contribution in [1.29, 1.82) is 0 Å². The normalized spacial score (nSPS) is 45.2. The Morgan fingerprint density at radius 1 is 0.676 bits per heavy atom. The molecule has 6 saturated carbocycles. The molecule has 8 aliphatic rings. The molecule has 10 heteroatoms. The number of carbonyl (C=O) groups excluding carboxylic acids is 2. The van der Waals surface area contributed by atoms with Crippen molar-refractivity contribution in [3.05, 3.63) is 23.3 Å². The molecule has 0 aromatic heterocycles. The predicted molar refractivity (Wildman–Crippen MR) is 297 cm³/mol. The van der Waals surface area contributed by atoms with Crippen LogP contribution in [0.3, 0.4) is 0 Å². The van der Waals surface area contributed by atoms with Crippen LogP contribution < -0.4 is 0 Å². The molecular formula is C58H102O6S2Si2. The lowest BCUT2D eigenvalue weighted by molar-refractivity contribution is -0.156. The van der Waals surface area contributed by atoms with Gasteiger partial charge in [0.1, 0.15) is 5.60 Å². The standard InChI is InChI=1S/C29H48O3S2Si.C27H46O3Si.2CH4/c1-16-14-28-17(2)13-20-22(27(20,8)9)21(24(28)30)23(32-35(11,12)26(5,6)7)18(3)19(4)29(28,15-16)31-25(33)34-10;1-15-13-26-16(2)12-19-21(25(19,8)9)20(23(26)28)22(30-31(10,11)24(5,6)7)17(3)18(4)27(26,29)14-15;;/h14,17-23H,13,15H2,1-12H3;13,16-22,29H,12,14H2,1-11H3;2*1H4/t17-,18-,19-,20-,21-,22-,23-,28+,29-;16-,17-,18-,19-,20-,21-,22-,26+,27-;;/m11../s1. The molecule has 0 aliphatic heterocycles. The van der Waals surface area contributed by atoms with E-state index in [4.69, 9.17) is 25.8 Å². The van der Waals surface area contributed by atoms with Gasteiger partial charge >= 0.3 is 0 Å². The molecule has 8 aliphatic carbocycles. The maximum absolute atomic E-state index is 15.2. The molecule has 1 N–H and O–H groups in total. The molecule has 18 atom stereocenters. The van der Waals surface area contributed by atoms with E-state index in [1.807, 2.05) is 6.26 Å². The average molecular weight is 1020 g/mol. The topological polar surface area (TPSA) is 82.1 Å². The lowest BCUT2D eigenvalue weighted by atomic mass is 9.58. The Bertz CT molecular complexity index is 2060. The zero-order valence-corrected chi connectivity index (χ0v) is 49.5. The second-order valence-corrected chi connectivity index (χ2v) is 39.3. The number of Topliss-reactive ketones (excluding diaryl/α,β-unsaturated/α-hetero) is 2. The van der Waals surface area contributed by atoms with Crippen LogP contribution in [0.5, 0.6) is 0 Å². The van der Waals surface area contributed by atoms with Crippen LogP contribution in [-0.2, 0) is 23.2 Å². The van der Waals surface area contributed by atoms with Crippen molar-refractivity contribution in [3.8, 4) is 0 Å². The number of ether oxygens (including phenoxy) is 1. The molecule has 390 valence electrons. The number of hydrogen-bond acceptors (Lipinski definition) is 8. The summed E-state index contributed by atoms with van der Waals surface area (Å²) in [6, 6.07) is 0. The minimum Gasteiger partial charge on any atom is -0.470 e. The summed E-state index contributed by atoms with van der Waals surface area (Å²) in [5.74, 6) is 3.11. The smallest absolute Gasteiger partial charge is 0.220 e. The van der Waals surface area contributed by atoms with Crippen molar-refractivity contribution >= 4 is 56.6 Å². The van der Waals surface area contributed by atoms with Crippen LogP contribution in [-0.4, -0.2) is 67.4 Å². The van der Waals surface area contributed by atoms with Crippen LogP contribution in [0, 0.1) is 92.7 Å². The number of fused-ring (bicyclic) bond motifs is 6. The molecule has 6 fully saturated rings. The van der Waals surface area contributed by atoms with Gasteiger partial charge in [-0.05, 0) is 152 Å². The number of rotatable bonds is 5. The second-order valence-electron chi connectivity index (χ2n) is 28.4. The van der Waals surface area contributed by atoms with Crippen molar-refractivity contribution < 1.29 is 28.3 Å². The predicted octanol–water partition coefficient (Wildman–Crippen LogP) is 15.4. The van der Waals surface area contributed by atoms with Crippen molar-refractivity contribution in [1.82, 2.24) is 0 Å². The molecule has 0 amide bonds. The number of aliphatic hydroxyl groups is 1. The fraction of sp³-hybridized carbons (Fsp3) is 0.879. The number of ketones is 2. The van der Waals surface area contributed by atoms with Crippen molar-refractivity contribution in [2.75, 3.05) is 6.26 Å². The summed E-state index contributed by atoms with van der Waals surface area (Å²) in [7, 11) is -4.20. The molecule has 0 radical (unpaired) electrons. The summed E-state index contributed by atoms with van der Waals surface area (Å²) in [5.41, 5.74) is -0.253.